The molecule has 0 aromatic carbocycles. The van der Waals surface area contributed by atoms with E-state index in [0.29, 0.717) is 30.6 Å². The van der Waals surface area contributed by atoms with Gasteiger partial charge >= 0.3 is 6.01 Å². The zero-order valence-corrected chi connectivity index (χ0v) is 11.9. The summed E-state index contributed by atoms with van der Waals surface area (Å²) in [6, 6.07) is 0.748. The molecule has 0 saturated carbocycles. The maximum atomic E-state index is 5.47. The lowest BCUT2D eigenvalue weighted by molar-refractivity contribution is 0.291. The summed E-state index contributed by atoms with van der Waals surface area (Å²) in [6.07, 6.45) is 1.96. The van der Waals surface area contributed by atoms with Gasteiger partial charge in [-0.2, -0.15) is 15.0 Å². The Balaban J connectivity index is 2.95. The number of rotatable bonds is 7. The molecule has 6 heteroatoms. The fourth-order valence-corrected chi connectivity index (χ4v) is 1.34. The number of anilines is 2. The Hall–Kier alpha value is -1.59. The van der Waals surface area contributed by atoms with Crippen molar-refractivity contribution in [1.29, 1.82) is 0 Å². The maximum absolute atomic E-state index is 5.47. The monoisotopic (exact) mass is 253 g/mol. The first-order valence-electron chi connectivity index (χ1n) is 6.41. The first-order chi connectivity index (χ1) is 8.62. The van der Waals surface area contributed by atoms with E-state index in [1.165, 1.54) is 0 Å². The molecule has 0 spiro atoms. The van der Waals surface area contributed by atoms with E-state index in [9.17, 15) is 0 Å². The van der Waals surface area contributed by atoms with E-state index in [1.54, 1.807) is 7.05 Å². The lowest BCUT2D eigenvalue weighted by atomic mass is 10.2. The molecule has 0 fully saturated rings. The van der Waals surface area contributed by atoms with Crippen LogP contribution in [0.5, 0.6) is 6.01 Å². The minimum atomic E-state index is 0.371. The van der Waals surface area contributed by atoms with Crippen molar-refractivity contribution in [3.8, 4) is 6.01 Å². The van der Waals surface area contributed by atoms with Gasteiger partial charge in [0.2, 0.25) is 11.9 Å². The average molecular weight is 253 g/mol. The summed E-state index contributed by atoms with van der Waals surface area (Å²) in [4.78, 5) is 14.9. The SMILES string of the molecule is CCCOc1nc(NC)nc(N(C)C(C)CC)n1. The van der Waals surface area contributed by atoms with Crippen LogP contribution in [0.1, 0.15) is 33.6 Å². The predicted octanol–water partition coefficient (Wildman–Crippen LogP) is 1.94. The second kappa shape index (κ2) is 6.98. The highest BCUT2D eigenvalue weighted by Crippen LogP contribution is 2.16. The predicted molar refractivity (Wildman–Crippen MR) is 73.3 cm³/mol. The normalized spacial score (nSPS) is 12.1. The van der Waals surface area contributed by atoms with E-state index in [1.807, 2.05) is 18.9 Å². The maximum Gasteiger partial charge on any atom is 0.323 e. The summed E-state index contributed by atoms with van der Waals surface area (Å²) in [6.45, 7) is 6.93. The van der Waals surface area contributed by atoms with Crippen molar-refractivity contribution in [3.63, 3.8) is 0 Å². The van der Waals surface area contributed by atoms with Crippen LogP contribution in [-0.4, -0.2) is 41.7 Å². The molecule has 1 unspecified atom stereocenters. The Morgan fingerprint density at radius 3 is 2.56 bits per heavy atom. The van der Waals surface area contributed by atoms with Crippen LogP contribution in [0.15, 0.2) is 0 Å². The number of nitrogens with zero attached hydrogens (tertiary/aromatic N) is 4. The molecule has 0 aliphatic rings. The molecular weight excluding hydrogens is 230 g/mol. The largest absolute Gasteiger partial charge is 0.463 e. The minimum absolute atomic E-state index is 0.371. The Labute approximate surface area is 109 Å². The van der Waals surface area contributed by atoms with E-state index in [2.05, 4.69) is 34.1 Å². The summed E-state index contributed by atoms with van der Waals surface area (Å²) in [5.74, 6) is 1.16. The van der Waals surface area contributed by atoms with Crippen molar-refractivity contribution in [2.24, 2.45) is 0 Å². The van der Waals surface area contributed by atoms with Gasteiger partial charge in [-0.25, -0.2) is 0 Å². The highest BCUT2D eigenvalue weighted by atomic mass is 16.5. The molecule has 1 heterocycles. The van der Waals surface area contributed by atoms with Gasteiger partial charge in [0.1, 0.15) is 0 Å². The summed E-state index contributed by atoms with van der Waals surface area (Å²) in [5.41, 5.74) is 0. The summed E-state index contributed by atoms with van der Waals surface area (Å²) in [5, 5.41) is 2.93. The Bertz CT molecular complexity index is 371. The lowest BCUT2D eigenvalue weighted by Crippen LogP contribution is -2.30. The zero-order chi connectivity index (χ0) is 13.5. The molecule has 102 valence electrons. The molecule has 0 aliphatic carbocycles. The summed E-state index contributed by atoms with van der Waals surface area (Å²) < 4.78 is 5.47. The van der Waals surface area contributed by atoms with Crippen LogP contribution in [-0.2, 0) is 0 Å². The number of hydrogen-bond acceptors (Lipinski definition) is 6. The van der Waals surface area contributed by atoms with E-state index < -0.39 is 0 Å². The minimum Gasteiger partial charge on any atom is -0.463 e. The topological polar surface area (TPSA) is 63.2 Å². The lowest BCUT2D eigenvalue weighted by Gasteiger charge is -2.24. The molecule has 0 bridgehead atoms. The zero-order valence-electron chi connectivity index (χ0n) is 11.9. The Morgan fingerprint density at radius 1 is 1.28 bits per heavy atom. The fourth-order valence-electron chi connectivity index (χ4n) is 1.34. The average Bonchev–Trinajstić information content (AvgIpc) is 2.42. The van der Waals surface area contributed by atoms with Gasteiger partial charge in [0.05, 0.1) is 6.61 Å². The van der Waals surface area contributed by atoms with E-state index in [4.69, 9.17) is 4.74 Å². The van der Waals surface area contributed by atoms with Gasteiger partial charge in [-0.3, -0.25) is 0 Å². The molecule has 0 radical (unpaired) electrons. The van der Waals surface area contributed by atoms with E-state index in [0.717, 1.165) is 12.8 Å². The second-order valence-electron chi connectivity index (χ2n) is 4.21. The van der Waals surface area contributed by atoms with Gasteiger partial charge < -0.3 is 15.0 Å². The van der Waals surface area contributed by atoms with E-state index in [-0.39, 0.29) is 0 Å². The third-order valence-corrected chi connectivity index (χ3v) is 2.83. The highest BCUT2D eigenvalue weighted by Gasteiger charge is 2.14. The van der Waals surface area contributed by atoms with Crippen LogP contribution in [0.3, 0.4) is 0 Å². The van der Waals surface area contributed by atoms with Crippen molar-refractivity contribution < 1.29 is 4.74 Å². The van der Waals surface area contributed by atoms with Crippen molar-refractivity contribution >= 4 is 11.9 Å². The fraction of sp³-hybridized carbons (Fsp3) is 0.750. The number of nitrogens with one attached hydrogen (secondary N) is 1. The molecule has 6 nitrogen and oxygen atoms in total. The van der Waals surface area contributed by atoms with Crippen molar-refractivity contribution in [3.05, 3.63) is 0 Å². The third kappa shape index (κ3) is 3.72. The molecule has 1 aromatic heterocycles. The van der Waals surface area contributed by atoms with Crippen molar-refractivity contribution in [1.82, 2.24) is 15.0 Å². The molecule has 1 aromatic rings. The number of ether oxygens (including phenoxy) is 1. The van der Waals surface area contributed by atoms with Crippen LogP contribution in [0.2, 0.25) is 0 Å². The van der Waals surface area contributed by atoms with Crippen LogP contribution >= 0.6 is 0 Å². The van der Waals surface area contributed by atoms with Crippen LogP contribution in [0, 0.1) is 0 Å². The van der Waals surface area contributed by atoms with Gasteiger partial charge in [0, 0.05) is 20.1 Å². The molecule has 0 amide bonds. The first-order valence-corrected chi connectivity index (χ1v) is 6.41. The van der Waals surface area contributed by atoms with Crippen LogP contribution < -0.4 is 15.0 Å². The van der Waals surface area contributed by atoms with Crippen molar-refractivity contribution in [2.75, 3.05) is 30.9 Å². The Morgan fingerprint density at radius 2 is 2.00 bits per heavy atom. The molecule has 1 N–H and O–H groups in total. The van der Waals surface area contributed by atoms with Gasteiger partial charge in [0.25, 0.3) is 0 Å². The number of aromatic nitrogens is 3. The molecule has 0 saturated heterocycles. The van der Waals surface area contributed by atoms with Crippen molar-refractivity contribution in [2.45, 2.75) is 39.7 Å². The standard InChI is InChI=1S/C12H23N5O/c1-6-8-18-12-15-10(13-4)14-11(16-12)17(5)9(3)7-2/h9H,6-8H2,1-5H3,(H,13,14,15,16). The van der Waals surface area contributed by atoms with Gasteiger partial charge in [-0.1, -0.05) is 13.8 Å². The molecule has 0 aliphatic heterocycles. The molecule has 1 atom stereocenters. The third-order valence-electron chi connectivity index (χ3n) is 2.83. The van der Waals surface area contributed by atoms with Crippen LogP contribution in [0.25, 0.3) is 0 Å². The first kappa shape index (κ1) is 14.5. The van der Waals surface area contributed by atoms with Gasteiger partial charge in [0.15, 0.2) is 0 Å². The Kier molecular flexibility index (Phi) is 5.61. The van der Waals surface area contributed by atoms with E-state index >= 15 is 0 Å². The van der Waals surface area contributed by atoms with Crippen LogP contribution in [0.4, 0.5) is 11.9 Å². The van der Waals surface area contributed by atoms with Gasteiger partial charge in [-0.05, 0) is 19.8 Å². The van der Waals surface area contributed by atoms with Gasteiger partial charge in [-0.15, -0.1) is 0 Å². The molecule has 18 heavy (non-hydrogen) atoms. The smallest absolute Gasteiger partial charge is 0.323 e. The molecule has 1 rings (SSSR count). The molecular formula is C12H23N5O. The number of hydrogen-bond donors (Lipinski definition) is 1. The highest BCUT2D eigenvalue weighted by molar-refractivity contribution is 5.38. The second-order valence-corrected chi connectivity index (χ2v) is 4.21. The summed E-state index contributed by atoms with van der Waals surface area (Å²) >= 11 is 0. The summed E-state index contributed by atoms with van der Waals surface area (Å²) in [7, 11) is 3.76. The quantitative estimate of drug-likeness (QED) is 0.801.